The molecule has 1 amide bonds. The van der Waals surface area contributed by atoms with Crippen LogP contribution < -0.4 is 9.50 Å². The predicted octanol–water partition coefficient (Wildman–Crippen LogP) is 8.53. The molecule has 0 aliphatic carbocycles. The van der Waals surface area contributed by atoms with Gasteiger partial charge in [0, 0.05) is 25.6 Å². The molecule has 3 aromatic rings. The second-order valence-corrected chi connectivity index (χ2v) is 13.2. The molecule has 49 heavy (non-hydrogen) atoms. The summed E-state index contributed by atoms with van der Waals surface area (Å²) in [6.07, 6.45) is 0.326. The van der Waals surface area contributed by atoms with E-state index in [9.17, 15) is 35.2 Å². The van der Waals surface area contributed by atoms with Crippen molar-refractivity contribution in [3.05, 3.63) is 95.1 Å². The Kier molecular flexibility index (Phi) is 14.3. The lowest BCUT2D eigenvalue weighted by Crippen LogP contribution is -2.48. The Morgan fingerprint density at radius 3 is 1.80 bits per heavy atom. The van der Waals surface area contributed by atoms with Crippen LogP contribution in [0.25, 0.3) is 0 Å². The number of alkyl halides is 3. The van der Waals surface area contributed by atoms with Crippen LogP contribution in [0, 0.1) is 18.6 Å². The minimum Gasteiger partial charge on any atom is -0.453 e. The number of methoxy groups -OCH3 is 3. The van der Waals surface area contributed by atoms with Gasteiger partial charge in [0.2, 0.25) is 0 Å². The van der Waals surface area contributed by atoms with Crippen LogP contribution in [-0.4, -0.2) is 58.3 Å². The van der Waals surface area contributed by atoms with Crippen molar-refractivity contribution in [3.63, 3.8) is 0 Å². The second kappa shape index (κ2) is 17.0. The first-order valence-corrected chi connectivity index (χ1v) is 16.2. The predicted molar refractivity (Wildman–Crippen MR) is 176 cm³/mol. The summed E-state index contributed by atoms with van der Waals surface area (Å²) in [5.74, 6) is -1.95. The Hall–Kier alpha value is -4.08. The van der Waals surface area contributed by atoms with Gasteiger partial charge in [-0.1, -0.05) is 35.9 Å². The van der Waals surface area contributed by atoms with Crippen LogP contribution >= 0.6 is 0 Å². The monoisotopic (exact) mass is 716 g/mol. The molecule has 1 N–H and O–H groups in total. The molecule has 9 nitrogen and oxygen atoms in total. The Bertz CT molecular complexity index is 1640. The highest BCUT2D eigenvalue weighted by atomic mass is 32.2. The maximum absolute atomic E-state index is 13.9. The zero-order chi connectivity index (χ0) is 37.2. The third kappa shape index (κ3) is 11.5. The number of anilines is 1. The Balaban J connectivity index is 0.000000312. The van der Waals surface area contributed by atoms with Gasteiger partial charge >= 0.3 is 21.7 Å². The van der Waals surface area contributed by atoms with E-state index in [2.05, 4.69) is 19.2 Å². The lowest BCUT2D eigenvalue weighted by atomic mass is 9.89. The van der Waals surface area contributed by atoms with Crippen molar-refractivity contribution in [2.24, 2.45) is 4.99 Å². The Labute approximate surface area is 283 Å². The van der Waals surface area contributed by atoms with Crippen molar-refractivity contribution >= 4 is 27.6 Å². The molecule has 0 spiro atoms. The highest BCUT2D eigenvalue weighted by Crippen LogP contribution is 2.34. The van der Waals surface area contributed by atoms with E-state index in [4.69, 9.17) is 9.47 Å². The van der Waals surface area contributed by atoms with Gasteiger partial charge in [-0.15, -0.1) is 0 Å². The maximum atomic E-state index is 13.9. The largest absolute Gasteiger partial charge is 0.534 e. The first kappa shape index (κ1) is 41.1. The number of benzene rings is 3. The normalized spacial score (nSPS) is 14.8. The van der Waals surface area contributed by atoms with Gasteiger partial charge in [0.1, 0.15) is 17.4 Å². The molecule has 1 aliphatic heterocycles. The van der Waals surface area contributed by atoms with Crippen molar-refractivity contribution < 1.29 is 53.6 Å². The van der Waals surface area contributed by atoms with Crippen LogP contribution in [0.3, 0.4) is 0 Å². The highest BCUT2D eigenvalue weighted by molar-refractivity contribution is 7.88. The molecule has 0 aromatic heterocycles. The molecule has 0 saturated heterocycles. The number of halogens is 5. The minimum absolute atomic E-state index is 0.198. The number of nitrogens with zero attached hydrogens (tertiary/aromatic N) is 1. The van der Waals surface area contributed by atoms with Crippen LogP contribution in [0.1, 0.15) is 63.3 Å². The molecule has 0 radical (unpaired) electrons. The lowest BCUT2D eigenvalue weighted by molar-refractivity contribution is -0.147. The second-order valence-electron chi connectivity index (χ2n) is 11.7. The molecule has 15 heteroatoms. The molecular weight excluding hydrogens is 675 g/mol. The molecule has 1 aliphatic rings. The van der Waals surface area contributed by atoms with Crippen LogP contribution in [0.4, 0.5) is 32.4 Å². The number of aliphatic imine (C=N–C) groups is 1. The van der Waals surface area contributed by atoms with Gasteiger partial charge in [0.15, 0.2) is 0 Å². The van der Waals surface area contributed by atoms with Crippen molar-refractivity contribution in [1.82, 2.24) is 0 Å². The van der Waals surface area contributed by atoms with E-state index in [-0.39, 0.29) is 22.5 Å². The third-order valence-corrected chi connectivity index (χ3v) is 8.90. The maximum Gasteiger partial charge on any atom is 0.534 e. The van der Waals surface area contributed by atoms with Gasteiger partial charge in [0.05, 0.1) is 29.9 Å². The van der Waals surface area contributed by atoms with Crippen molar-refractivity contribution in [2.75, 3.05) is 26.6 Å². The molecule has 1 atom stereocenters. The summed E-state index contributed by atoms with van der Waals surface area (Å²) in [5.41, 5.74) is -3.48. The Morgan fingerprint density at radius 1 is 0.837 bits per heavy atom. The van der Waals surface area contributed by atoms with E-state index >= 15 is 0 Å². The molecule has 0 bridgehead atoms. The quantitative estimate of drug-likeness (QED) is 0.141. The summed E-state index contributed by atoms with van der Waals surface area (Å²) in [6.45, 7) is 10.0. The topological polar surface area (TPSA) is 113 Å². The van der Waals surface area contributed by atoms with Crippen LogP contribution in [-0.2, 0) is 24.3 Å². The Morgan fingerprint density at radius 2 is 1.35 bits per heavy atom. The lowest BCUT2D eigenvalue weighted by Gasteiger charge is -2.38. The van der Waals surface area contributed by atoms with Crippen molar-refractivity contribution in [1.29, 1.82) is 0 Å². The molecule has 0 saturated carbocycles. The van der Waals surface area contributed by atoms with Gasteiger partial charge in [-0.25, -0.2) is 13.6 Å². The zero-order valence-corrected chi connectivity index (χ0v) is 29.3. The molecule has 1 heterocycles. The average molecular weight is 717 g/mol. The van der Waals surface area contributed by atoms with Gasteiger partial charge in [-0.05, 0) is 89.4 Å². The van der Waals surface area contributed by atoms with Crippen LogP contribution in [0.15, 0.2) is 71.7 Å². The molecule has 4 rings (SSSR count). The average Bonchev–Trinajstić information content (AvgIpc) is 3.52. The minimum atomic E-state index is -5.75. The molecular formula is C34H41F5N2O7S. The van der Waals surface area contributed by atoms with Gasteiger partial charge in [-0.3, -0.25) is 10.3 Å². The third-order valence-electron chi connectivity index (χ3n) is 7.93. The zero-order valence-electron chi connectivity index (χ0n) is 28.4. The van der Waals surface area contributed by atoms with Crippen LogP contribution in [0.2, 0.25) is 0 Å². The van der Waals surface area contributed by atoms with E-state index in [1.165, 1.54) is 25.3 Å². The van der Waals surface area contributed by atoms with E-state index in [0.29, 0.717) is 18.4 Å². The smallest absolute Gasteiger partial charge is 0.453 e. The fraction of sp³-hybridized carbons (Fsp3) is 0.412. The SMILES string of the molecule is COC(=O)Nc1ccc(C)cc1.COC(C)(C)C(C)(C)OC.O=S(=O)(Oc1ccc(C2CCC(c3c(F)cccc3F)=N2)cc1)C(F)(F)F. The summed E-state index contributed by atoms with van der Waals surface area (Å²) in [6, 6.07) is 15.4. The summed E-state index contributed by atoms with van der Waals surface area (Å²) in [5, 5.41) is 2.56. The number of aryl methyl sites for hydroxylation is 1. The fourth-order valence-corrected chi connectivity index (χ4v) is 4.47. The first-order valence-electron chi connectivity index (χ1n) is 14.8. The van der Waals surface area contributed by atoms with E-state index < -0.39 is 45.1 Å². The number of hydrogen-bond donors (Lipinski definition) is 1. The first-order chi connectivity index (χ1) is 22.7. The van der Waals surface area contributed by atoms with E-state index in [1.54, 1.807) is 14.2 Å². The van der Waals surface area contributed by atoms with E-state index in [0.717, 1.165) is 35.5 Å². The van der Waals surface area contributed by atoms with Crippen molar-refractivity contribution in [2.45, 2.75) is 70.2 Å². The van der Waals surface area contributed by atoms with Gasteiger partial charge < -0.3 is 18.4 Å². The summed E-state index contributed by atoms with van der Waals surface area (Å²) >= 11 is 0. The number of ether oxygens (including phenoxy) is 3. The summed E-state index contributed by atoms with van der Waals surface area (Å²) in [7, 11) is -1.02. The fourth-order valence-electron chi connectivity index (χ4n) is 4.01. The summed E-state index contributed by atoms with van der Waals surface area (Å²) in [4.78, 5) is 15.0. The number of carbonyl (C=O) groups excluding carboxylic acids is 1. The number of nitrogens with one attached hydrogen (secondary N) is 1. The standard InChI is InChI=1S/C17H12F5NO3S.C9H11NO2.C8H18O2/c18-12-2-1-3-13(19)16(12)15-9-8-14(23-15)10-4-6-11(7-5-10)26-27(24,25)17(20,21)22;1-7-3-5-8(6-4-7)10-9(11)12-2;1-7(2,9-5)8(3,4)10-6/h1-7,14H,8-9H2;3-6H,1-2H3,(H,10,11);1-6H3. The number of carbonyl (C=O) groups is 1. The molecule has 1 unspecified atom stereocenters. The number of rotatable bonds is 8. The van der Waals surface area contributed by atoms with E-state index in [1.807, 2.05) is 58.9 Å². The number of amides is 1. The molecule has 3 aromatic carbocycles. The molecule has 270 valence electrons. The van der Waals surface area contributed by atoms with Crippen molar-refractivity contribution in [3.8, 4) is 5.75 Å². The van der Waals surface area contributed by atoms with Gasteiger partial charge in [0.25, 0.3) is 0 Å². The van der Waals surface area contributed by atoms with Crippen LogP contribution in [0.5, 0.6) is 5.75 Å². The number of hydrogen-bond acceptors (Lipinski definition) is 8. The highest BCUT2D eigenvalue weighted by Gasteiger charge is 2.48. The van der Waals surface area contributed by atoms with Gasteiger partial charge in [-0.2, -0.15) is 21.6 Å². The molecule has 0 fully saturated rings. The summed E-state index contributed by atoms with van der Waals surface area (Å²) < 4.78 is 106.